The summed E-state index contributed by atoms with van der Waals surface area (Å²) >= 11 is 0. The number of carbonyl (C=O) groups is 3. The molecule has 0 atom stereocenters. The lowest BCUT2D eigenvalue weighted by atomic mass is 9.96. The van der Waals surface area contributed by atoms with E-state index in [1.54, 1.807) is 60.7 Å². The number of fused-ring (bicyclic) bond motifs is 3. The maximum absolute atomic E-state index is 14.3. The molecule has 5 aromatic carbocycles. The van der Waals surface area contributed by atoms with Crippen molar-refractivity contribution >= 4 is 39.5 Å². The van der Waals surface area contributed by atoms with E-state index in [0.29, 0.717) is 10.8 Å². The second-order valence-corrected chi connectivity index (χ2v) is 10.6. The highest BCUT2D eigenvalue weighted by molar-refractivity contribution is 6.22. The van der Waals surface area contributed by atoms with Crippen LogP contribution in [0.15, 0.2) is 118 Å². The van der Waals surface area contributed by atoms with Gasteiger partial charge >= 0.3 is 12.1 Å². The van der Waals surface area contributed by atoms with Crippen LogP contribution in [0, 0.1) is 0 Å². The van der Waals surface area contributed by atoms with Crippen molar-refractivity contribution in [1.29, 1.82) is 0 Å². The summed E-state index contributed by atoms with van der Waals surface area (Å²) in [7, 11) is 0. The molecule has 0 N–H and O–H groups in total. The van der Waals surface area contributed by atoms with Crippen LogP contribution in [0.4, 0.5) is 13.2 Å². The smallest absolute Gasteiger partial charge is 0.450 e. The molecule has 1 aliphatic rings. The number of esters is 1. The molecule has 0 spiro atoms. The first-order valence-corrected chi connectivity index (χ1v) is 14.0. The maximum Gasteiger partial charge on any atom is 0.450 e. The number of carbonyl (C=O) groups excluding carboxylic acids is 3. The van der Waals surface area contributed by atoms with Gasteiger partial charge in [0.05, 0.1) is 34.2 Å². The van der Waals surface area contributed by atoms with Gasteiger partial charge in [-0.25, -0.2) is 4.79 Å². The quantitative estimate of drug-likeness (QED) is 0.112. The van der Waals surface area contributed by atoms with Gasteiger partial charge in [0.25, 0.3) is 11.8 Å². The van der Waals surface area contributed by atoms with E-state index < -0.39 is 46.3 Å². The first kappa shape index (κ1) is 28.7. The zero-order chi connectivity index (χ0) is 32.2. The molecular weight excluding hydrogens is 599 g/mol. The van der Waals surface area contributed by atoms with Crippen molar-refractivity contribution in [1.82, 2.24) is 4.90 Å². The topological polar surface area (TPSA) is 93.9 Å². The molecule has 226 valence electrons. The van der Waals surface area contributed by atoms with E-state index in [2.05, 4.69) is 0 Å². The van der Waals surface area contributed by atoms with Crippen molar-refractivity contribution in [3.05, 3.63) is 147 Å². The van der Waals surface area contributed by atoms with Crippen LogP contribution < -0.4 is 10.2 Å². The minimum Gasteiger partial charge on any atom is -0.450 e. The molecule has 0 saturated heterocycles. The normalized spacial score (nSPS) is 13.0. The van der Waals surface area contributed by atoms with Crippen LogP contribution in [-0.4, -0.2) is 22.7 Å². The Balaban J connectivity index is 1.21. The van der Waals surface area contributed by atoms with Crippen LogP contribution in [0.3, 0.4) is 0 Å². The van der Waals surface area contributed by atoms with E-state index in [1.807, 2.05) is 6.07 Å². The molecule has 0 aliphatic carbocycles. The highest BCUT2D eigenvalue weighted by atomic mass is 19.4. The summed E-state index contributed by atoms with van der Waals surface area (Å²) in [5, 5.41) is 0.956. The summed E-state index contributed by atoms with van der Waals surface area (Å²) in [6, 6.07) is 27.8. The molecular formula is C36H20F3NO6. The lowest BCUT2D eigenvalue weighted by Gasteiger charge is -2.14. The molecule has 2 amide bonds. The standard InChI is InChI=1S/C36H20F3NO6/c37-36(38,39)32-30(25-12-6-10-21-9-4-5-11-24(21)25)31(41)27-16-14-23(18-29(27)46-32)45-35(44)22-13-15-26-28(17-22)34(43)40(33(26)42)19-20-7-2-1-3-8-20/h1-18H,19H2. The third kappa shape index (κ3) is 4.89. The van der Waals surface area contributed by atoms with Crippen molar-refractivity contribution in [2.24, 2.45) is 0 Å². The number of rotatable bonds is 5. The molecule has 0 bridgehead atoms. The maximum atomic E-state index is 14.3. The van der Waals surface area contributed by atoms with Gasteiger partial charge in [-0.3, -0.25) is 19.3 Å². The lowest BCUT2D eigenvalue weighted by Crippen LogP contribution is -2.29. The molecule has 0 unspecified atom stereocenters. The Hall–Kier alpha value is -6.03. The van der Waals surface area contributed by atoms with Crippen molar-refractivity contribution in [3.63, 3.8) is 0 Å². The van der Waals surface area contributed by atoms with E-state index in [-0.39, 0.29) is 39.9 Å². The zero-order valence-corrected chi connectivity index (χ0v) is 23.6. The minimum atomic E-state index is -5.02. The predicted molar refractivity (Wildman–Crippen MR) is 162 cm³/mol. The number of imide groups is 1. The van der Waals surface area contributed by atoms with Crippen LogP contribution in [0.1, 0.15) is 42.4 Å². The molecule has 0 radical (unpaired) electrons. The Morgan fingerprint density at radius 3 is 2.22 bits per heavy atom. The van der Waals surface area contributed by atoms with Gasteiger partial charge in [-0.15, -0.1) is 0 Å². The van der Waals surface area contributed by atoms with Crippen molar-refractivity contribution in [3.8, 4) is 16.9 Å². The van der Waals surface area contributed by atoms with Crippen molar-refractivity contribution in [2.75, 3.05) is 0 Å². The SMILES string of the molecule is O=C(Oc1ccc2c(=O)c(-c3cccc4ccccc34)c(C(F)(F)F)oc2c1)c1ccc2c(c1)C(=O)N(Cc1ccccc1)C2=O. The zero-order valence-electron chi connectivity index (χ0n) is 23.6. The largest absolute Gasteiger partial charge is 0.450 e. The number of alkyl halides is 3. The Bertz CT molecular complexity index is 2290. The number of hydrogen-bond acceptors (Lipinski definition) is 6. The molecule has 1 aromatic heterocycles. The lowest BCUT2D eigenvalue weighted by molar-refractivity contribution is -0.152. The van der Waals surface area contributed by atoms with Gasteiger partial charge in [-0.2, -0.15) is 13.2 Å². The van der Waals surface area contributed by atoms with Gasteiger partial charge in [0.2, 0.25) is 11.2 Å². The van der Waals surface area contributed by atoms with Gasteiger partial charge in [-0.1, -0.05) is 72.8 Å². The molecule has 46 heavy (non-hydrogen) atoms. The number of halogens is 3. The molecule has 2 heterocycles. The first-order valence-electron chi connectivity index (χ1n) is 14.0. The second kappa shape index (κ2) is 10.8. The minimum absolute atomic E-state index is 0.0238. The van der Waals surface area contributed by atoms with E-state index in [9.17, 15) is 32.3 Å². The summed E-state index contributed by atoms with van der Waals surface area (Å²) < 4.78 is 53.7. The molecule has 0 fully saturated rings. The summed E-state index contributed by atoms with van der Waals surface area (Å²) in [4.78, 5) is 53.7. The van der Waals surface area contributed by atoms with E-state index in [1.165, 1.54) is 36.4 Å². The first-order chi connectivity index (χ1) is 22.1. The Kier molecular flexibility index (Phi) is 6.77. The summed E-state index contributed by atoms with van der Waals surface area (Å²) in [6.45, 7) is 0.0530. The fourth-order valence-corrected chi connectivity index (χ4v) is 5.62. The predicted octanol–water partition coefficient (Wildman–Crippen LogP) is 7.65. The molecule has 6 aromatic rings. The fourth-order valence-electron chi connectivity index (χ4n) is 5.62. The van der Waals surface area contributed by atoms with Crippen molar-refractivity contribution < 1.29 is 36.7 Å². The number of hydrogen-bond donors (Lipinski definition) is 0. The molecule has 1 aliphatic heterocycles. The Morgan fingerprint density at radius 2 is 1.43 bits per heavy atom. The van der Waals surface area contributed by atoms with E-state index in [4.69, 9.17) is 9.15 Å². The number of amides is 2. The van der Waals surface area contributed by atoms with Crippen molar-refractivity contribution in [2.45, 2.75) is 12.7 Å². The fraction of sp³-hybridized carbons (Fsp3) is 0.0556. The van der Waals surface area contributed by atoms with Gasteiger partial charge in [0.15, 0.2) is 0 Å². The number of nitrogens with zero attached hydrogens (tertiary/aromatic N) is 1. The van der Waals surface area contributed by atoms with Crippen LogP contribution in [0.25, 0.3) is 32.9 Å². The summed E-state index contributed by atoms with van der Waals surface area (Å²) in [5.74, 6) is -3.69. The second-order valence-electron chi connectivity index (χ2n) is 10.6. The third-order valence-corrected chi connectivity index (χ3v) is 7.78. The Morgan fingerprint density at radius 1 is 0.717 bits per heavy atom. The highest BCUT2D eigenvalue weighted by Crippen LogP contribution is 2.40. The Labute approximate surface area is 258 Å². The third-order valence-electron chi connectivity index (χ3n) is 7.78. The monoisotopic (exact) mass is 619 g/mol. The summed E-state index contributed by atoms with van der Waals surface area (Å²) in [5.41, 5.74) is -1.04. The molecule has 7 nitrogen and oxygen atoms in total. The van der Waals surface area contributed by atoms with Crippen LogP contribution in [-0.2, 0) is 12.7 Å². The van der Waals surface area contributed by atoms with Crippen LogP contribution >= 0.6 is 0 Å². The molecule has 10 heteroatoms. The summed E-state index contributed by atoms with van der Waals surface area (Å²) in [6.07, 6.45) is -5.02. The average molecular weight is 620 g/mol. The van der Waals surface area contributed by atoms with E-state index in [0.717, 1.165) is 16.5 Å². The molecule has 7 rings (SSSR count). The number of ether oxygens (including phenoxy) is 1. The van der Waals surface area contributed by atoms with Gasteiger partial charge in [0.1, 0.15) is 11.3 Å². The number of benzene rings is 5. The molecule has 0 saturated carbocycles. The van der Waals surface area contributed by atoms with Crippen LogP contribution in [0.2, 0.25) is 0 Å². The van der Waals surface area contributed by atoms with Gasteiger partial charge < -0.3 is 9.15 Å². The van der Waals surface area contributed by atoms with Gasteiger partial charge in [-0.05, 0) is 52.2 Å². The van der Waals surface area contributed by atoms with E-state index >= 15 is 0 Å². The van der Waals surface area contributed by atoms with Crippen LogP contribution in [0.5, 0.6) is 5.75 Å². The highest BCUT2D eigenvalue weighted by Gasteiger charge is 2.40. The average Bonchev–Trinajstić information content (AvgIpc) is 3.28. The van der Waals surface area contributed by atoms with Gasteiger partial charge in [0, 0.05) is 6.07 Å².